The predicted octanol–water partition coefficient (Wildman–Crippen LogP) is 8.79. The van der Waals surface area contributed by atoms with Gasteiger partial charge in [0.15, 0.2) is 0 Å². The quantitative estimate of drug-likeness (QED) is 0.331. The zero-order valence-corrected chi connectivity index (χ0v) is 18.3. The summed E-state index contributed by atoms with van der Waals surface area (Å²) in [5, 5.41) is 0. The number of hydrogen-bond acceptors (Lipinski definition) is 0. The summed E-state index contributed by atoms with van der Waals surface area (Å²) in [6, 6.07) is 0. The third-order valence-corrected chi connectivity index (χ3v) is 8.52. The molecular formula is C24H48. The van der Waals surface area contributed by atoms with Gasteiger partial charge in [0.1, 0.15) is 0 Å². The van der Waals surface area contributed by atoms with E-state index >= 15 is 0 Å². The fourth-order valence-electron chi connectivity index (χ4n) is 5.24. The van der Waals surface area contributed by atoms with E-state index < -0.39 is 0 Å². The fraction of sp³-hybridized carbons (Fsp3) is 1.00. The Balaban J connectivity index is 2.36. The van der Waals surface area contributed by atoms with Crippen LogP contribution in [0.15, 0.2) is 0 Å². The van der Waals surface area contributed by atoms with Crippen LogP contribution in [0.5, 0.6) is 0 Å². The van der Waals surface area contributed by atoms with Gasteiger partial charge in [0.2, 0.25) is 0 Å². The van der Waals surface area contributed by atoms with E-state index in [0.717, 1.165) is 5.92 Å². The van der Waals surface area contributed by atoms with Gasteiger partial charge < -0.3 is 0 Å². The van der Waals surface area contributed by atoms with Crippen LogP contribution in [0.25, 0.3) is 0 Å². The SMILES string of the molecule is CCCC1(CC)CCC(C)(CCCCC(C)C(C)(CC)CC)CC1. The molecule has 144 valence electrons. The van der Waals surface area contributed by atoms with Crippen LogP contribution in [0.2, 0.25) is 0 Å². The first-order valence-corrected chi connectivity index (χ1v) is 11.3. The molecule has 0 heteroatoms. The fourth-order valence-corrected chi connectivity index (χ4v) is 5.24. The van der Waals surface area contributed by atoms with Crippen molar-refractivity contribution in [3.63, 3.8) is 0 Å². The molecule has 1 unspecified atom stereocenters. The monoisotopic (exact) mass is 336 g/mol. The highest BCUT2D eigenvalue weighted by Crippen LogP contribution is 2.51. The molecule has 0 heterocycles. The number of rotatable bonds is 11. The molecule has 0 aliphatic heterocycles. The lowest BCUT2D eigenvalue weighted by molar-refractivity contribution is 0.0677. The Labute approximate surface area is 154 Å². The van der Waals surface area contributed by atoms with Gasteiger partial charge in [-0.1, -0.05) is 93.4 Å². The molecular weight excluding hydrogens is 288 g/mol. The standard InChI is InChI=1S/C24H48/c1-8-15-24(11-4)19-17-22(6,18-20-24)16-13-12-14-21(5)23(7,9-2)10-3/h21H,8-20H2,1-7H3. The summed E-state index contributed by atoms with van der Waals surface area (Å²) in [7, 11) is 0. The van der Waals surface area contributed by atoms with Crippen LogP contribution in [0.3, 0.4) is 0 Å². The smallest absolute Gasteiger partial charge is 0.0300 e. The molecule has 0 aromatic heterocycles. The molecule has 1 fully saturated rings. The maximum Gasteiger partial charge on any atom is -0.0300 e. The van der Waals surface area contributed by atoms with E-state index in [9.17, 15) is 0 Å². The summed E-state index contributed by atoms with van der Waals surface area (Å²) in [6.45, 7) is 17.1. The summed E-state index contributed by atoms with van der Waals surface area (Å²) in [4.78, 5) is 0. The van der Waals surface area contributed by atoms with Crippen LogP contribution in [0, 0.1) is 22.2 Å². The number of unbranched alkanes of at least 4 members (excludes halogenated alkanes) is 1. The molecule has 1 aliphatic rings. The van der Waals surface area contributed by atoms with Gasteiger partial charge in [0, 0.05) is 0 Å². The van der Waals surface area contributed by atoms with E-state index in [2.05, 4.69) is 48.5 Å². The first-order chi connectivity index (χ1) is 11.3. The summed E-state index contributed by atoms with van der Waals surface area (Å²) < 4.78 is 0. The summed E-state index contributed by atoms with van der Waals surface area (Å²) in [5.41, 5.74) is 1.91. The Hall–Kier alpha value is 0. The first-order valence-electron chi connectivity index (χ1n) is 11.3. The zero-order valence-electron chi connectivity index (χ0n) is 18.3. The van der Waals surface area contributed by atoms with Gasteiger partial charge in [-0.05, 0) is 60.7 Å². The largest absolute Gasteiger partial charge is 0.0654 e. The van der Waals surface area contributed by atoms with Crippen LogP contribution in [-0.4, -0.2) is 0 Å². The van der Waals surface area contributed by atoms with Gasteiger partial charge in [-0.2, -0.15) is 0 Å². The van der Waals surface area contributed by atoms with Crippen molar-refractivity contribution in [3.05, 3.63) is 0 Å². The van der Waals surface area contributed by atoms with E-state index in [1.165, 1.54) is 83.5 Å². The van der Waals surface area contributed by atoms with Crippen LogP contribution in [0.4, 0.5) is 0 Å². The molecule has 0 spiro atoms. The second kappa shape index (κ2) is 9.63. The molecule has 1 aliphatic carbocycles. The zero-order chi connectivity index (χ0) is 18.3. The molecule has 0 radical (unpaired) electrons. The highest BCUT2D eigenvalue weighted by Gasteiger charge is 2.38. The Kier molecular flexibility index (Phi) is 8.84. The maximum absolute atomic E-state index is 2.59. The molecule has 24 heavy (non-hydrogen) atoms. The van der Waals surface area contributed by atoms with E-state index in [0.29, 0.717) is 16.2 Å². The van der Waals surface area contributed by atoms with Crippen molar-refractivity contribution in [3.8, 4) is 0 Å². The van der Waals surface area contributed by atoms with Crippen LogP contribution >= 0.6 is 0 Å². The van der Waals surface area contributed by atoms with Gasteiger partial charge in [-0.3, -0.25) is 0 Å². The van der Waals surface area contributed by atoms with E-state index in [1.807, 2.05) is 0 Å². The maximum atomic E-state index is 2.59. The minimum absolute atomic E-state index is 0.565. The first kappa shape index (κ1) is 22.0. The van der Waals surface area contributed by atoms with Crippen LogP contribution in [-0.2, 0) is 0 Å². The van der Waals surface area contributed by atoms with Crippen molar-refractivity contribution in [2.75, 3.05) is 0 Å². The lowest BCUT2D eigenvalue weighted by Gasteiger charge is -2.45. The molecule has 1 atom stereocenters. The third kappa shape index (κ3) is 5.77. The lowest BCUT2D eigenvalue weighted by atomic mass is 9.60. The van der Waals surface area contributed by atoms with E-state index in [-0.39, 0.29) is 0 Å². The molecule has 1 rings (SSSR count). The molecule has 0 bridgehead atoms. The second-order valence-corrected chi connectivity index (χ2v) is 9.92. The predicted molar refractivity (Wildman–Crippen MR) is 111 cm³/mol. The molecule has 1 saturated carbocycles. The van der Waals surface area contributed by atoms with Crippen molar-refractivity contribution in [1.82, 2.24) is 0 Å². The lowest BCUT2D eigenvalue weighted by Crippen LogP contribution is -2.32. The Morgan fingerprint density at radius 1 is 0.875 bits per heavy atom. The van der Waals surface area contributed by atoms with Gasteiger partial charge in [-0.25, -0.2) is 0 Å². The summed E-state index contributed by atoms with van der Waals surface area (Å²) in [6.07, 6.45) is 18.7. The Morgan fingerprint density at radius 2 is 1.46 bits per heavy atom. The van der Waals surface area contributed by atoms with Gasteiger partial charge in [-0.15, -0.1) is 0 Å². The van der Waals surface area contributed by atoms with Crippen LogP contribution in [0.1, 0.15) is 132 Å². The average molecular weight is 337 g/mol. The molecule has 0 N–H and O–H groups in total. The van der Waals surface area contributed by atoms with Gasteiger partial charge in [0.05, 0.1) is 0 Å². The van der Waals surface area contributed by atoms with E-state index in [1.54, 1.807) is 0 Å². The third-order valence-electron chi connectivity index (χ3n) is 8.52. The topological polar surface area (TPSA) is 0 Å². The molecule has 0 aromatic rings. The van der Waals surface area contributed by atoms with E-state index in [4.69, 9.17) is 0 Å². The van der Waals surface area contributed by atoms with Crippen molar-refractivity contribution in [1.29, 1.82) is 0 Å². The summed E-state index contributed by atoms with van der Waals surface area (Å²) >= 11 is 0. The normalized spacial score (nSPS) is 29.6. The highest BCUT2D eigenvalue weighted by molar-refractivity contribution is 4.90. The average Bonchev–Trinajstić information content (AvgIpc) is 2.60. The van der Waals surface area contributed by atoms with Gasteiger partial charge >= 0.3 is 0 Å². The second-order valence-electron chi connectivity index (χ2n) is 9.92. The minimum atomic E-state index is 0.565. The van der Waals surface area contributed by atoms with Crippen LogP contribution < -0.4 is 0 Å². The minimum Gasteiger partial charge on any atom is -0.0654 e. The molecule has 0 amide bonds. The molecule has 0 nitrogen and oxygen atoms in total. The number of hydrogen-bond donors (Lipinski definition) is 0. The van der Waals surface area contributed by atoms with Crippen molar-refractivity contribution in [2.45, 2.75) is 132 Å². The Bertz CT molecular complexity index is 328. The van der Waals surface area contributed by atoms with Crippen molar-refractivity contribution >= 4 is 0 Å². The van der Waals surface area contributed by atoms with Crippen molar-refractivity contribution in [2.24, 2.45) is 22.2 Å². The van der Waals surface area contributed by atoms with Gasteiger partial charge in [0.25, 0.3) is 0 Å². The molecule has 0 saturated heterocycles. The summed E-state index contributed by atoms with van der Waals surface area (Å²) in [5.74, 6) is 0.879. The highest BCUT2D eigenvalue weighted by atomic mass is 14.4. The van der Waals surface area contributed by atoms with Crippen molar-refractivity contribution < 1.29 is 0 Å². The Morgan fingerprint density at radius 3 is 1.92 bits per heavy atom. The molecule has 0 aromatic carbocycles.